The maximum absolute atomic E-state index is 12.9. The average molecular weight is 468 g/mol. The van der Waals surface area contributed by atoms with E-state index in [4.69, 9.17) is 0 Å². The zero-order valence-electron chi connectivity index (χ0n) is 17.6. The lowest BCUT2D eigenvalue weighted by atomic mass is 10.2. The molecule has 0 N–H and O–H groups in total. The van der Waals surface area contributed by atoms with Crippen LogP contribution in [-0.4, -0.2) is 79.6 Å². The zero-order valence-corrected chi connectivity index (χ0v) is 18.4. The van der Waals surface area contributed by atoms with Gasteiger partial charge >= 0.3 is 6.03 Å². The summed E-state index contributed by atoms with van der Waals surface area (Å²) in [5.41, 5.74) is 0.632. The summed E-state index contributed by atoms with van der Waals surface area (Å²) < 4.78 is 27.1. The van der Waals surface area contributed by atoms with Crippen LogP contribution in [0, 0.1) is 11.3 Å². The van der Waals surface area contributed by atoms with Gasteiger partial charge in [-0.05, 0) is 24.3 Å². The number of rotatable bonds is 5. The highest BCUT2D eigenvalue weighted by Crippen LogP contribution is 2.22. The highest BCUT2D eigenvalue weighted by atomic mass is 32.2. The molecule has 0 aromatic heterocycles. The second kappa shape index (κ2) is 9.01. The van der Waals surface area contributed by atoms with E-state index in [-0.39, 0.29) is 43.2 Å². The molecule has 2 heterocycles. The fourth-order valence-corrected chi connectivity index (χ4v) is 5.41. The van der Waals surface area contributed by atoms with Crippen LogP contribution >= 0.6 is 0 Å². The normalized spacial score (nSPS) is 17.4. The van der Waals surface area contributed by atoms with E-state index in [1.807, 2.05) is 6.07 Å². The van der Waals surface area contributed by atoms with Crippen molar-refractivity contribution in [3.05, 3.63) is 60.2 Å². The van der Waals surface area contributed by atoms with Gasteiger partial charge in [0.05, 0.1) is 10.5 Å². The van der Waals surface area contributed by atoms with E-state index in [2.05, 4.69) is 0 Å². The van der Waals surface area contributed by atoms with Gasteiger partial charge in [0.2, 0.25) is 15.9 Å². The number of benzene rings is 2. The molecule has 11 heteroatoms. The number of anilines is 1. The van der Waals surface area contributed by atoms with Gasteiger partial charge in [0.25, 0.3) is 5.91 Å². The fraction of sp³-hybridized carbons (Fsp3) is 0.273. The molecule has 2 aromatic rings. The fourth-order valence-electron chi connectivity index (χ4n) is 3.84. The number of para-hydroxylation sites is 1. The first kappa shape index (κ1) is 22.4. The summed E-state index contributed by atoms with van der Waals surface area (Å²) >= 11 is 0. The summed E-state index contributed by atoms with van der Waals surface area (Å²) in [6, 6.07) is 16.0. The van der Waals surface area contributed by atoms with Crippen LogP contribution in [0.15, 0.2) is 59.5 Å². The molecule has 2 aromatic carbocycles. The Hall–Kier alpha value is -3.75. The monoisotopic (exact) mass is 467 g/mol. The van der Waals surface area contributed by atoms with Crippen molar-refractivity contribution in [3.8, 4) is 6.07 Å². The van der Waals surface area contributed by atoms with Crippen molar-refractivity contribution < 1.29 is 22.8 Å². The summed E-state index contributed by atoms with van der Waals surface area (Å²) in [6.45, 7) is -0.208. The van der Waals surface area contributed by atoms with Crippen molar-refractivity contribution in [1.29, 1.82) is 5.26 Å². The Morgan fingerprint density at radius 1 is 0.939 bits per heavy atom. The summed E-state index contributed by atoms with van der Waals surface area (Å²) in [5, 5.41) is 9.22. The van der Waals surface area contributed by atoms with Crippen LogP contribution < -0.4 is 4.90 Å². The summed E-state index contributed by atoms with van der Waals surface area (Å²) in [4.78, 5) is 41.4. The van der Waals surface area contributed by atoms with Crippen LogP contribution in [-0.2, 0) is 19.6 Å². The Kier molecular flexibility index (Phi) is 6.13. The van der Waals surface area contributed by atoms with Crippen molar-refractivity contribution in [2.75, 3.05) is 44.2 Å². The van der Waals surface area contributed by atoms with Gasteiger partial charge in [0.15, 0.2) is 0 Å². The number of carbonyl (C=O) groups excluding carboxylic acids is 3. The van der Waals surface area contributed by atoms with Crippen molar-refractivity contribution in [2.24, 2.45) is 0 Å². The maximum Gasteiger partial charge on any atom is 0.332 e. The minimum absolute atomic E-state index is 0.0475. The molecule has 2 aliphatic rings. The number of amides is 4. The van der Waals surface area contributed by atoms with E-state index >= 15 is 0 Å². The van der Waals surface area contributed by atoms with Crippen LogP contribution in [0.3, 0.4) is 0 Å². The summed E-state index contributed by atoms with van der Waals surface area (Å²) in [7, 11) is -3.88. The van der Waals surface area contributed by atoms with Crippen molar-refractivity contribution in [1.82, 2.24) is 14.1 Å². The van der Waals surface area contributed by atoms with Crippen molar-refractivity contribution in [3.63, 3.8) is 0 Å². The third-order valence-electron chi connectivity index (χ3n) is 5.63. The number of nitriles is 1. The van der Waals surface area contributed by atoms with E-state index in [1.165, 1.54) is 26.2 Å². The van der Waals surface area contributed by atoms with E-state index in [0.29, 0.717) is 5.69 Å². The predicted molar refractivity (Wildman–Crippen MR) is 117 cm³/mol. The molecule has 0 aliphatic carbocycles. The molecule has 2 saturated heterocycles. The molecule has 0 spiro atoms. The van der Waals surface area contributed by atoms with Gasteiger partial charge in [-0.3, -0.25) is 19.4 Å². The van der Waals surface area contributed by atoms with Gasteiger partial charge in [-0.25, -0.2) is 13.2 Å². The van der Waals surface area contributed by atoms with Gasteiger partial charge < -0.3 is 4.90 Å². The number of nitrogens with zero attached hydrogens (tertiary/aromatic N) is 5. The first-order valence-corrected chi connectivity index (χ1v) is 11.7. The Morgan fingerprint density at radius 3 is 2.24 bits per heavy atom. The molecule has 0 radical (unpaired) electrons. The molecule has 33 heavy (non-hydrogen) atoms. The molecule has 4 rings (SSSR count). The number of carbonyl (C=O) groups is 3. The largest absolute Gasteiger partial charge is 0.338 e. The van der Waals surface area contributed by atoms with E-state index in [1.54, 1.807) is 42.5 Å². The smallest absolute Gasteiger partial charge is 0.332 e. The summed E-state index contributed by atoms with van der Waals surface area (Å²) in [6.07, 6.45) is 0. The molecule has 0 atom stereocenters. The predicted octanol–water partition coefficient (Wildman–Crippen LogP) is 0.860. The third-order valence-corrected chi connectivity index (χ3v) is 7.59. The van der Waals surface area contributed by atoms with Crippen LogP contribution in [0.25, 0.3) is 0 Å². The maximum atomic E-state index is 12.9. The average Bonchev–Trinajstić information content (AvgIpc) is 3.13. The minimum atomic E-state index is -3.88. The Balaban J connectivity index is 1.39. The topological polar surface area (TPSA) is 122 Å². The van der Waals surface area contributed by atoms with Crippen LogP contribution in [0.5, 0.6) is 0 Å². The number of imide groups is 1. The molecule has 0 saturated carbocycles. The van der Waals surface area contributed by atoms with Crippen molar-refractivity contribution >= 4 is 33.6 Å². The van der Waals surface area contributed by atoms with Crippen LogP contribution in [0.1, 0.15) is 5.56 Å². The Bertz CT molecular complexity index is 1230. The van der Waals surface area contributed by atoms with Gasteiger partial charge in [-0.1, -0.05) is 30.3 Å². The molecule has 4 amide bonds. The SMILES string of the molecule is N#Cc1ccccc1S(=O)(=O)N1CCN(C(=O)CN2C(=O)CN(c3ccccc3)C2=O)CC1. The highest BCUT2D eigenvalue weighted by Gasteiger charge is 2.39. The lowest BCUT2D eigenvalue weighted by Crippen LogP contribution is -2.53. The van der Waals surface area contributed by atoms with Gasteiger partial charge in [-0.15, -0.1) is 0 Å². The lowest BCUT2D eigenvalue weighted by molar-refractivity contribution is -0.137. The standard InChI is InChI=1S/C22H21N5O5S/c23-14-17-6-4-5-9-19(17)33(31,32)25-12-10-24(11-13-25)20(28)15-27-21(29)16-26(22(27)30)18-7-2-1-3-8-18/h1-9H,10-13,15-16H2. The molecule has 10 nitrogen and oxygen atoms in total. The molecule has 0 bridgehead atoms. The van der Waals surface area contributed by atoms with E-state index in [9.17, 15) is 28.1 Å². The van der Waals surface area contributed by atoms with Gasteiger partial charge in [-0.2, -0.15) is 9.57 Å². The Labute approximate surface area is 191 Å². The van der Waals surface area contributed by atoms with Crippen molar-refractivity contribution in [2.45, 2.75) is 4.90 Å². The highest BCUT2D eigenvalue weighted by molar-refractivity contribution is 7.89. The second-order valence-corrected chi connectivity index (χ2v) is 9.48. The summed E-state index contributed by atoms with van der Waals surface area (Å²) in [5.74, 6) is -0.896. The molecular formula is C22H21N5O5S. The molecule has 0 unspecified atom stereocenters. The molecule has 2 aliphatic heterocycles. The van der Waals surface area contributed by atoms with Crippen LogP contribution in [0.2, 0.25) is 0 Å². The van der Waals surface area contributed by atoms with Gasteiger partial charge in [0, 0.05) is 31.9 Å². The quantitative estimate of drug-likeness (QED) is 0.601. The van der Waals surface area contributed by atoms with E-state index < -0.39 is 34.4 Å². The number of sulfonamides is 1. The lowest BCUT2D eigenvalue weighted by Gasteiger charge is -2.34. The number of urea groups is 1. The second-order valence-electron chi connectivity index (χ2n) is 7.58. The van der Waals surface area contributed by atoms with Crippen LogP contribution in [0.4, 0.5) is 10.5 Å². The molecule has 170 valence electrons. The molecule has 2 fully saturated rings. The molecular weight excluding hydrogens is 446 g/mol. The minimum Gasteiger partial charge on any atom is -0.338 e. The first-order valence-electron chi connectivity index (χ1n) is 10.3. The number of hydrogen-bond acceptors (Lipinski definition) is 6. The van der Waals surface area contributed by atoms with Gasteiger partial charge in [0.1, 0.15) is 19.2 Å². The third kappa shape index (κ3) is 4.30. The zero-order chi connectivity index (χ0) is 23.6. The number of hydrogen-bond donors (Lipinski definition) is 0. The Morgan fingerprint density at radius 2 is 1.58 bits per heavy atom. The number of piperazine rings is 1. The first-order chi connectivity index (χ1) is 15.8. The van der Waals surface area contributed by atoms with E-state index in [0.717, 1.165) is 4.90 Å².